The minimum atomic E-state index is -1.06. The number of Topliss-reactive ketones (excluding diaryl/α,β-unsaturated/α-hetero) is 1. The Bertz CT molecular complexity index is 1630. The third kappa shape index (κ3) is 8.92. The first kappa shape index (κ1) is 38.8. The lowest BCUT2D eigenvalue weighted by molar-refractivity contribution is -0.145. The number of oxime groups is 1. The van der Waals surface area contributed by atoms with Crippen LogP contribution in [0, 0.1) is 11.3 Å². The molecule has 2 saturated carbocycles. The number of ketones is 1. The van der Waals surface area contributed by atoms with E-state index in [-0.39, 0.29) is 43.7 Å². The van der Waals surface area contributed by atoms with Crippen molar-refractivity contribution in [2.45, 2.75) is 135 Å². The number of hydrogen-bond donors (Lipinski definition) is 3. The van der Waals surface area contributed by atoms with Crippen LogP contribution in [-0.2, 0) is 28.8 Å². The molecule has 1 saturated heterocycles. The number of amides is 4. The molecule has 0 aromatic heterocycles. The lowest BCUT2D eigenvalue weighted by Crippen LogP contribution is -2.59. The molecule has 1 spiro atoms. The van der Waals surface area contributed by atoms with Crippen molar-refractivity contribution in [1.82, 2.24) is 20.9 Å². The maximum Gasteiger partial charge on any atom is 0.289 e. The number of hydrogen-bond acceptors (Lipinski definition) is 9. The molecule has 2 aliphatic carbocycles. The van der Waals surface area contributed by atoms with Crippen LogP contribution in [0.1, 0.15) is 110 Å². The zero-order valence-corrected chi connectivity index (χ0v) is 32.5. The fourth-order valence-corrected chi connectivity index (χ4v) is 8.42. The molecule has 1 aromatic carbocycles. The van der Waals surface area contributed by atoms with E-state index in [1.807, 2.05) is 51.8 Å². The summed E-state index contributed by atoms with van der Waals surface area (Å²) >= 11 is 6.72. The highest BCUT2D eigenvalue weighted by atomic mass is 35.5. The topological polar surface area (TPSA) is 159 Å². The van der Waals surface area contributed by atoms with Gasteiger partial charge >= 0.3 is 0 Å². The molecule has 53 heavy (non-hydrogen) atoms. The third-order valence-electron chi connectivity index (χ3n) is 11.2. The molecule has 0 radical (unpaired) electrons. The van der Waals surface area contributed by atoms with Gasteiger partial charge in [-0.1, -0.05) is 70.1 Å². The molecule has 4 amide bonds. The number of nitrogens with one attached hydrogen (secondary N) is 3. The maximum atomic E-state index is 14.7. The summed E-state index contributed by atoms with van der Waals surface area (Å²) in [6.07, 6.45) is 8.53. The molecule has 0 unspecified atom stereocenters. The number of benzene rings is 1. The average molecular weight is 755 g/mol. The largest absolute Gasteiger partial charge is 0.489 e. The second-order valence-electron chi connectivity index (χ2n) is 16.8. The number of nitrogens with zero attached hydrogens (tertiary/aromatic N) is 3. The molecule has 0 bridgehead atoms. The van der Waals surface area contributed by atoms with Crippen molar-refractivity contribution >= 4 is 52.4 Å². The molecule has 3 heterocycles. The van der Waals surface area contributed by atoms with Gasteiger partial charge in [0.15, 0.2) is 5.60 Å². The maximum absolute atomic E-state index is 14.7. The molecule has 13 nitrogen and oxygen atoms in total. The van der Waals surface area contributed by atoms with E-state index < -0.39 is 52.6 Å². The third-order valence-corrected chi connectivity index (χ3v) is 11.5. The van der Waals surface area contributed by atoms with E-state index in [0.717, 1.165) is 44.2 Å². The van der Waals surface area contributed by atoms with Gasteiger partial charge < -0.3 is 35.3 Å². The number of anilines is 1. The lowest BCUT2D eigenvalue weighted by atomic mass is 9.84. The van der Waals surface area contributed by atoms with Gasteiger partial charge in [0.25, 0.3) is 5.91 Å². The van der Waals surface area contributed by atoms with Gasteiger partial charge in [-0.05, 0) is 55.6 Å². The Kier molecular flexibility index (Phi) is 11.6. The molecular weight excluding hydrogens is 700 g/mol. The van der Waals surface area contributed by atoms with Crippen molar-refractivity contribution in [3.63, 3.8) is 0 Å². The predicted octanol–water partition coefficient (Wildman–Crippen LogP) is 4.27. The molecule has 290 valence electrons. The van der Waals surface area contributed by atoms with Crippen LogP contribution in [0.4, 0.5) is 5.69 Å². The van der Waals surface area contributed by atoms with Crippen molar-refractivity contribution in [1.29, 1.82) is 0 Å². The van der Waals surface area contributed by atoms with Gasteiger partial charge in [-0.25, -0.2) is 0 Å². The number of carbonyl (C=O) groups is 5. The zero-order valence-electron chi connectivity index (χ0n) is 31.7. The number of halogens is 1. The molecule has 3 N–H and O–H groups in total. The van der Waals surface area contributed by atoms with E-state index in [9.17, 15) is 24.0 Å². The Balaban J connectivity index is 1.25. The SMILES string of the molecule is CCC[C@H](NC(=O)[C@@H]1C[C@]2(CC(c3cc(Cl)c4c(c3)OCCN4C)=NO2)CN1C(=O)[C@@H](NC(=O)CC1CCCCC1)C(C)(C)C)C(=O)C(=O)NC1CC1. The fraction of sp³-hybridized carbons (Fsp3) is 0.692. The van der Waals surface area contributed by atoms with Crippen molar-refractivity contribution in [3.8, 4) is 5.75 Å². The molecule has 3 fully saturated rings. The minimum Gasteiger partial charge on any atom is -0.489 e. The summed E-state index contributed by atoms with van der Waals surface area (Å²) in [6, 6.07) is 0.642. The summed E-state index contributed by atoms with van der Waals surface area (Å²) in [4.78, 5) is 78.1. The Morgan fingerprint density at radius 1 is 1.06 bits per heavy atom. The molecule has 5 aliphatic rings. The van der Waals surface area contributed by atoms with E-state index in [1.165, 1.54) is 11.3 Å². The molecule has 6 rings (SSSR count). The van der Waals surface area contributed by atoms with Gasteiger partial charge in [-0.15, -0.1) is 0 Å². The van der Waals surface area contributed by atoms with Crippen LogP contribution in [0.2, 0.25) is 5.02 Å². The molecule has 1 aromatic rings. The number of carbonyl (C=O) groups excluding carboxylic acids is 5. The molecule has 3 aliphatic heterocycles. The van der Waals surface area contributed by atoms with Crippen molar-refractivity contribution < 1.29 is 33.5 Å². The van der Waals surface area contributed by atoms with E-state index in [2.05, 4.69) is 21.1 Å². The summed E-state index contributed by atoms with van der Waals surface area (Å²) < 4.78 is 5.93. The monoisotopic (exact) mass is 754 g/mol. The number of ether oxygens (including phenoxy) is 1. The van der Waals surface area contributed by atoms with Gasteiger partial charge in [0.1, 0.15) is 24.4 Å². The standard InChI is InChI=1S/C39H55ClN6O7/c1-6-10-27(33(48)36(50)41-25-13-14-25)42-35(49)29-21-39(20-28(44-53-39)24-18-26(40)32-30(19-24)52-16-15-45(32)5)22-46(29)37(51)34(38(2,3)4)43-31(47)17-23-11-8-7-9-12-23/h18-19,23,25,27,29,34H,6-17,20-22H2,1-5H3,(H,41,50)(H,42,49)(H,43,47)/t27-,29-,34+,39+/m0/s1. The highest BCUT2D eigenvalue weighted by Crippen LogP contribution is 2.43. The van der Waals surface area contributed by atoms with E-state index in [4.69, 9.17) is 21.2 Å². The van der Waals surface area contributed by atoms with Crippen LogP contribution in [0.25, 0.3) is 0 Å². The van der Waals surface area contributed by atoms with Gasteiger partial charge in [-0.2, -0.15) is 0 Å². The zero-order chi connectivity index (χ0) is 38.1. The summed E-state index contributed by atoms with van der Waals surface area (Å²) in [5.41, 5.74) is 0.359. The Hall–Kier alpha value is -3.87. The number of likely N-dealkylation sites (N-methyl/N-ethyl adjacent to an activating group) is 1. The quantitative estimate of drug-likeness (QED) is 0.267. The Morgan fingerprint density at radius 2 is 1.79 bits per heavy atom. The lowest BCUT2D eigenvalue weighted by Gasteiger charge is -2.36. The van der Waals surface area contributed by atoms with Crippen LogP contribution < -0.4 is 25.6 Å². The predicted molar refractivity (Wildman–Crippen MR) is 201 cm³/mol. The Morgan fingerprint density at radius 3 is 2.47 bits per heavy atom. The van der Waals surface area contributed by atoms with Gasteiger partial charge in [0.05, 0.1) is 35.6 Å². The average Bonchev–Trinajstić information content (AvgIpc) is 3.70. The van der Waals surface area contributed by atoms with Gasteiger partial charge in [0, 0.05) is 37.9 Å². The van der Waals surface area contributed by atoms with Crippen LogP contribution in [0.3, 0.4) is 0 Å². The van der Waals surface area contributed by atoms with Crippen LogP contribution in [0.5, 0.6) is 5.75 Å². The van der Waals surface area contributed by atoms with Crippen molar-refractivity contribution in [2.75, 3.05) is 31.6 Å². The highest BCUT2D eigenvalue weighted by molar-refractivity contribution is 6.38. The normalized spacial score (nSPS) is 24.0. The fourth-order valence-electron chi connectivity index (χ4n) is 8.07. The smallest absolute Gasteiger partial charge is 0.289 e. The van der Waals surface area contributed by atoms with Crippen LogP contribution in [0.15, 0.2) is 17.3 Å². The first-order chi connectivity index (χ1) is 25.2. The van der Waals surface area contributed by atoms with Crippen LogP contribution in [-0.4, -0.2) is 96.5 Å². The number of likely N-dealkylation sites (tertiary alicyclic amines) is 1. The van der Waals surface area contributed by atoms with Crippen molar-refractivity contribution in [3.05, 3.63) is 22.7 Å². The summed E-state index contributed by atoms with van der Waals surface area (Å²) in [5.74, 6) is -1.67. The first-order valence-corrected chi connectivity index (χ1v) is 19.7. The first-order valence-electron chi connectivity index (χ1n) is 19.4. The second-order valence-corrected chi connectivity index (χ2v) is 17.2. The van der Waals surface area contributed by atoms with E-state index in [0.29, 0.717) is 48.0 Å². The van der Waals surface area contributed by atoms with E-state index >= 15 is 0 Å². The minimum absolute atomic E-state index is 0.0129. The van der Waals surface area contributed by atoms with E-state index in [1.54, 1.807) is 0 Å². The second kappa shape index (κ2) is 15.8. The van der Waals surface area contributed by atoms with Gasteiger partial charge in [-0.3, -0.25) is 24.0 Å². The summed E-state index contributed by atoms with van der Waals surface area (Å²) in [7, 11) is 1.95. The molecular formula is C39H55ClN6O7. The Labute approximate surface area is 317 Å². The highest BCUT2D eigenvalue weighted by Gasteiger charge is 2.56. The van der Waals surface area contributed by atoms with Gasteiger partial charge in [0.2, 0.25) is 23.5 Å². The number of fused-ring (bicyclic) bond motifs is 1. The molecule has 4 atom stereocenters. The summed E-state index contributed by atoms with van der Waals surface area (Å²) in [6.45, 7) is 8.78. The molecule has 14 heteroatoms. The summed E-state index contributed by atoms with van der Waals surface area (Å²) in [5, 5.41) is 13.6. The van der Waals surface area contributed by atoms with Crippen LogP contribution >= 0.6 is 11.6 Å². The van der Waals surface area contributed by atoms with Crippen molar-refractivity contribution in [2.24, 2.45) is 16.5 Å². The number of rotatable bonds is 12.